The molecule has 83 heavy (non-hydrogen) atoms. The number of aryl methyl sites for hydroxylation is 4. The topological polar surface area (TPSA) is 160 Å². The summed E-state index contributed by atoms with van der Waals surface area (Å²) in [7, 11) is 0. The molecular formula is C73H110O10. The molecule has 4 rings (SSSR count). The van der Waals surface area contributed by atoms with Crippen molar-refractivity contribution in [2.24, 2.45) is 5.41 Å². The molecular weight excluding hydrogens is 1040 g/mol. The number of carbonyl (C=O) groups is 3. The normalized spacial score (nSPS) is 13.3. The zero-order valence-electron chi connectivity index (χ0n) is 56.0. The third kappa shape index (κ3) is 19.5. The number of hydrogen-bond acceptors (Lipinski definition) is 10. The molecule has 0 aromatic heterocycles. The van der Waals surface area contributed by atoms with Gasteiger partial charge in [0.1, 0.15) is 42.8 Å². The molecule has 0 bridgehead atoms. The van der Waals surface area contributed by atoms with E-state index >= 15 is 0 Å². The van der Waals surface area contributed by atoms with Gasteiger partial charge in [-0.2, -0.15) is 0 Å². The van der Waals surface area contributed by atoms with E-state index in [4.69, 9.17) is 14.2 Å². The summed E-state index contributed by atoms with van der Waals surface area (Å²) in [4.78, 5) is 42.5. The van der Waals surface area contributed by atoms with Crippen molar-refractivity contribution >= 4 is 17.9 Å². The van der Waals surface area contributed by atoms with Crippen LogP contribution in [0.25, 0.3) is 0 Å². The Morgan fingerprint density at radius 3 is 0.663 bits per heavy atom. The summed E-state index contributed by atoms with van der Waals surface area (Å²) in [5, 5.41) is 45.8. The molecule has 0 aliphatic rings. The van der Waals surface area contributed by atoms with Crippen molar-refractivity contribution in [3.05, 3.63) is 115 Å². The van der Waals surface area contributed by atoms with E-state index in [-0.39, 0.29) is 99.7 Å². The molecule has 0 fully saturated rings. The van der Waals surface area contributed by atoms with Crippen molar-refractivity contribution in [1.29, 1.82) is 0 Å². The van der Waals surface area contributed by atoms with Gasteiger partial charge in [0.25, 0.3) is 0 Å². The summed E-state index contributed by atoms with van der Waals surface area (Å²) >= 11 is 0. The number of phenols is 4. The van der Waals surface area contributed by atoms with Gasteiger partial charge in [0, 0.05) is 19.3 Å². The predicted molar refractivity (Wildman–Crippen MR) is 340 cm³/mol. The van der Waals surface area contributed by atoms with Gasteiger partial charge in [-0.25, -0.2) is 0 Å². The first-order valence-electron chi connectivity index (χ1n) is 30.5. The zero-order chi connectivity index (χ0) is 63.4. The van der Waals surface area contributed by atoms with Crippen LogP contribution in [0.3, 0.4) is 0 Å². The lowest BCUT2D eigenvalue weighted by atomic mass is 9.78. The minimum Gasteiger partial charge on any atom is -0.507 e. The highest BCUT2D eigenvalue weighted by atomic mass is 16.6. The quantitative estimate of drug-likeness (QED) is 0.0381. The molecule has 4 aromatic rings. The largest absolute Gasteiger partial charge is 0.507 e. The van der Waals surface area contributed by atoms with Crippen LogP contribution in [-0.4, -0.2) is 58.2 Å². The van der Waals surface area contributed by atoms with Gasteiger partial charge in [-0.1, -0.05) is 221 Å². The molecule has 0 radical (unpaired) electrons. The van der Waals surface area contributed by atoms with Crippen molar-refractivity contribution in [3.63, 3.8) is 0 Å². The van der Waals surface area contributed by atoms with E-state index in [0.717, 1.165) is 66.8 Å². The van der Waals surface area contributed by atoms with Crippen LogP contribution in [0.2, 0.25) is 0 Å². The fourth-order valence-electron chi connectivity index (χ4n) is 10.8. The van der Waals surface area contributed by atoms with Crippen LogP contribution >= 0.6 is 0 Å². The summed E-state index contributed by atoms with van der Waals surface area (Å²) in [6, 6.07) is 16.0. The number of ether oxygens (including phenoxy) is 3. The Bertz CT molecular complexity index is 2530. The number of carbonyl (C=O) groups excluding carboxylic acids is 3. The van der Waals surface area contributed by atoms with Crippen molar-refractivity contribution < 1.29 is 49.0 Å². The Hall–Kier alpha value is -5.51. The van der Waals surface area contributed by atoms with Crippen LogP contribution in [0.5, 0.6) is 23.0 Å². The van der Waals surface area contributed by atoms with Gasteiger partial charge in [-0.15, -0.1) is 0 Å². The van der Waals surface area contributed by atoms with Crippen LogP contribution in [0.1, 0.15) is 271 Å². The lowest BCUT2D eigenvalue weighted by Gasteiger charge is -2.32. The Balaban J connectivity index is 1.76. The zero-order valence-corrected chi connectivity index (χ0v) is 56.0. The molecule has 0 spiro atoms. The number of hydrogen-bond donors (Lipinski definition) is 4. The summed E-state index contributed by atoms with van der Waals surface area (Å²) < 4.78 is 18.8. The van der Waals surface area contributed by atoms with E-state index in [0.29, 0.717) is 50.7 Å². The summed E-state index contributed by atoms with van der Waals surface area (Å²) in [5.41, 5.74) is 6.46. The van der Waals surface area contributed by atoms with Crippen molar-refractivity contribution in [1.82, 2.24) is 0 Å². The number of unbranched alkanes of at least 4 members (excludes halogenated alkanes) is 1. The smallest absolute Gasteiger partial charge is 0.306 e. The van der Waals surface area contributed by atoms with Gasteiger partial charge in [0.2, 0.25) is 0 Å². The molecule has 4 aromatic carbocycles. The number of phenolic OH excluding ortho intramolecular Hbond substituents is 4. The molecule has 0 saturated carbocycles. The van der Waals surface area contributed by atoms with Crippen molar-refractivity contribution in [3.8, 4) is 23.0 Å². The standard InChI is InChI=1S/C73H110O10/c1-65(2,3)50-35-46(36-51(61(50)77)66(4,5)6)27-25-26-34-73(43-81-58(74)31-28-47-37-52(67(7,8)9)62(78)53(38-47)68(10,11)12,44-82-59(75)32-29-48-39-54(69(13,14)15)63(79)55(40-48)70(16,17)18)45-83-60(76)33-30-49-41-56(71(19,20)21)64(80)57(42-49)72(22,23)24/h35-42,77-80H,25-34,43-45H2,1-24H3. The summed E-state index contributed by atoms with van der Waals surface area (Å²) in [6.45, 7) is 49.0. The van der Waals surface area contributed by atoms with Gasteiger partial charge in [0.15, 0.2) is 0 Å². The monoisotopic (exact) mass is 1150 g/mol. The number of rotatable bonds is 20. The van der Waals surface area contributed by atoms with Gasteiger partial charge < -0.3 is 34.6 Å². The van der Waals surface area contributed by atoms with E-state index in [1.54, 1.807) is 0 Å². The van der Waals surface area contributed by atoms with Crippen LogP contribution in [0.4, 0.5) is 0 Å². The maximum absolute atomic E-state index is 14.2. The van der Waals surface area contributed by atoms with E-state index in [2.05, 4.69) is 178 Å². The lowest BCUT2D eigenvalue weighted by molar-refractivity contribution is -0.162. The Labute approximate surface area is 501 Å². The fourth-order valence-corrected chi connectivity index (χ4v) is 10.8. The van der Waals surface area contributed by atoms with Crippen molar-refractivity contribution in [2.75, 3.05) is 19.8 Å². The van der Waals surface area contributed by atoms with E-state index in [9.17, 15) is 34.8 Å². The average Bonchev–Trinajstić information content (AvgIpc) is 3.40. The highest BCUT2D eigenvalue weighted by Gasteiger charge is 2.37. The highest BCUT2D eigenvalue weighted by Crippen LogP contribution is 2.44. The molecule has 10 nitrogen and oxygen atoms in total. The van der Waals surface area contributed by atoms with Crippen LogP contribution in [0.15, 0.2) is 48.5 Å². The number of esters is 3. The van der Waals surface area contributed by atoms with Crippen LogP contribution in [0, 0.1) is 5.41 Å². The first-order valence-corrected chi connectivity index (χ1v) is 30.5. The van der Waals surface area contributed by atoms with Gasteiger partial charge in [-0.05, 0) is 149 Å². The number of aromatic hydroxyl groups is 4. The molecule has 0 aliphatic heterocycles. The molecule has 0 amide bonds. The second-order valence-electron chi connectivity index (χ2n) is 32.3. The average molecular weight is 1150 g/mol. The number of benzene rings is 4. The minimum atomic E-state index is -1.14. The highest BCUT2D eigenvalue weighted by molar-refractivity contribution is 5.71. The predicted octanol–water partition coefficient (Wildman–Crippen LogP) is 17.1. The summed E-state index contributed by atoms with van der Waals surface area (Å²) in [5.74, 6) is -0.277. The van der Waals surface area contributed by atoms with E-state index in [1.807, 2.05) is 36.4 Å². The van der Waals surface area contributed by atoms with Gasteiger partial charge >= 0.3 is 17.9 Å². The minimum absolute atomic E-state index is 0.0418. The van der Waals surface area contributed by atoms with Crippen LogP contribution in [-0.2, 0) is 97.6 Å². The second-order valence-corrected chi connectivity index (χ2v) is 32.3. The van der Waals surface area contributed by atoms with E-state index < -0.39 is 23.3 Å². The van der Waals surface area contributed by atoms with Gasteiger partial charge in [0.05, 0.1) is 5.41 Å². The molecule has 10 heteroatoms. The SMILES string of the molecule is CC(C)(C)c1cc(CCCCC(COC(=O)CCc2cc(C(C)(C)C)c(O)c(C(C)(C)C)c2)(COC(=O)CCc2cc(C(C)(C)C)c(O)c(C(C)(C)C)c2)COC(=O)CCc2cc(C(C)(C)C)c(O)c(C(C)(C)C)c2)cc(C(C)(C)C)c1O. The first kappa shape index (κ1) is 70.0. The van der Waals surface area contributed by atoms with Crippen molar-refractivity contribution in [2.45, 2.75) is 274 Å². The molecule has 0 aliphatic carbocycles. The van der Waals surface area contributed by atoms with E-state index in [1.165, 1.54) is 0 Å². The lowest BCUT2D eigenvalue weighted by Crippen LogP contribution is -2.40. The summed E-state index contributed by atoms with van der Waals surface area (Å²) in [6.07, 6.45) is 3.56. The third-order valence-corrected chi connectivity index (χ3v) is 16.0. The Morgan fingerprint density at radius 1 is 0.301 bits per heavy atom. The molecule has 0 saturated heterocycles. The third-order valence-electron chi connectivity index (χ3n) is 16.0. The molecule has 4 N–H and O–H groups in total. The Kier molecular flexibility index (Phi) is 21.9. The maximum atomic E-state index is 14.2. The maximum Gasteiger partial charge on any atom is 0.306 e. The van der Waals surface area contributed by atoms with Gasteiger partial charge in [-0.3, -0.25) is 14.4 Å². The fraction of sp³-hybridized carbons (Fsp3) is 0.630. The Morgan fingerprint density at radius 2 is 0.482 bits per heavy atom. The molecule has 0 unspecified atom stereocenters. The molecule has 0 heterocycles. The molecule has 0 atom stereocenters. The second kappa shape index (κ2) is 26.0. The first-order chi connectivity index (χ1) is 37.5. The van der Waals surface area contributed by atoms with Crippen LogP contribution < -0.4 is 0 Å². The molecule has 462 valence electrons.